The SMILES string of the molecule is CC(C)C(=O)NCCNC(=O)c1ccc(SCc2cn3ccccc3n2)cc1. The first kappa shape index (κ1) is 19.9. The summed E-state index contributed by atoms with van der Waals surface area (Å²) in [5.74, 6) is 0.557. The number of carbonyl (C=O) groups excluding carboxylic acids is 2. The molecule has 1 aromatic carbocycles. The van der Waals surface area contributed by atoms with Gasteiger partial charge in [-0.1, -0.05) is 19.9 Å². The van der Waals surface area contributed by atoms with Gasteiger partial charge in [-0.25, -0.2) is 4.98 Å². The minimum Gasteiger partial charge on any atom is -0.354 e. The number of pyridine rings is 1. The highest BCUT2D eigenvalue weighted by Crippen LogP contribution is 2.23. The lowest BCUT2D eigenvalue weighted by Gasteiger charge is -2.09. The van der Waals surface area contributed by atoms with Crippen LogP contribution in [-0.4, -0.2) is 34.3 Å². The highest BCUT2D eigenvalue weighted by atomic mass is 32.2. The fourth-order valence-electron chi connectivity index (χ4n) is 2.58. The largest absolute Gasteiger partial charge is 0.354 e. The summed E-state index contributed by atoms with van der Waals surface area (Å²) in [7, 11) is 0. The van der Waals surface area contributed by atoms with E-state index in [1.807, 2.05) is 73.1 Å². The van der Waals surface area contributed by atoms with Crippen LogP contribution in [0.4, 0.5) is 0 Å². The molecule has 2 aromatic heterocycles. The molecule has 2 heterocycles. The molecule has 0 aliphatic carbocycles. The number of rotatable bonds is 8. The topological polar surface area (TPSA) is 75.5 Å². The van der Waals surface area contributed by atoms with E-state index in [4.69, 9.17) is 0 Å². The number of aromatic nitrogens is 2. The third-order valence-electron chi connectivity index (χ3n) is 4.15. The second-order valence-electron chi connectivity index (χ2n) is 6.71. The Hall–Kier alpha value is -2.80. The van der Waals surface area contributed by atoms with Crippen molar-refractivity contribution < 1.29 is 9.59 Å². The van der Waals surface area contributed by atoms with Gasteiger partial charge in [0.25, 0.3) is 5.91 Å². The van der Waals surface area contributed by atoms with Crippen molar-refractivity contribution in [3.63, 3.8) is 0 Å². The van der Waals surface area contributed by atoms with Gasteiger partial charge in [-0.15, -0.1) is 11.8 Å². The highest BCUT2D eigenvalue weighted by molar-refractivity contribution is 7.98. The quantitative estimate of drug-likeness (QED) is 0.453. The Bertz CT molecular complexity index is 917. The predicted octanol–water partition coefficient (Wildman–Crippen LogP) is 3.13. The third-order valence-corrected chi connectivity index (χ3v) is 5.20. The van der Waals surface area contributed by atoms with E-state index >= 15 is 0 Å². The van der Waals surface area contributed by atoms with E-state index in [-0.39, 0.29) is 17.7 Å². The van der Waals surface area contributed by atoms with Gasteiger partial charge >= 0.3 is 0 Å². The molecule has 2 N–H and O–H groups in total. The average molecular weight is 397 g/mol. The summed E-state index contributed by atoms with van der Waals surface area (Å²) in [5, 5.41) is 5.59. The molecule has 0 aliphatic heterocycles. The van der Waals surface area contributed by atoms with E-state index in [2.05, 4.69) is 15.6 Å². The van der Waals surface area contributed by atoms with E-state index in [0.717, 1.165) is 22.0 Å². The molecule has 7 heteroatoms. The van der Waals surface area contributed by atoms with E-state index < -0.39 is 0 Å². The van der Waals surface area contributed by atoms with Gasteiger partial charge in [-0.2, -0.15) is 0 Å². The lowest BCUT2D eigenvalue weighted by Crippen LogP contribution is -2.36. The molecule has 0 bridgehead atoms. The van der Waals surface area contributed by atoms with Gasteiger partial charge in [0.05, 0.1) is 5.69 Å². The maximum absolute atomic E-state index is 12.2. The average Bonchev–Trinajstić information content (AvgIpc) is 3.12. The smallest absolute Gasteiger partial charge is 0.251 e. The van der Waals surface area contributed by atoms with Crippen molar-refractivity contribution in [3.8, 4) is 0 Å². The lowest BCUT2D eigenvalue weighted by molar-refractivity contribution is -0.123. The summed E-state index contributed by atoms with van der Waals surface area (Å²) in [6.07, 6.45) is 4.01. The minimum absolute atomic E-state index is 0.0127. The molecule has 0 saturated carbocycles. The molecule has 146 valence electrons. The Kier molecular flexibility index (Phi) is 6.71. The first-order valence-electron chi connectivity index (χ1n) is 9.24. The van der Waals surface area contributed by atoms with Crippen molar-refractivity contribution in [3.05, 3.63) is 66.1 Å². The molecule has 0 saturated heterocycles. The Balaban J connectivity index is 1.46. The van der Waals surface area contributed by atoms with Gasteiger partial charge in [0, 0.05) is 47.6 Å². The number of hydrogen-bond acceptors (Lipinski definition) is 4. The number of imidazole rings is 1. The monoisotopic (exact) mass is 396 g/mol. The maximum Gasteiger partial charge on any atom is 0.251 e. The summed E-state index contributed by atoms with van der Waals surface area (Å²) < 4.78 is 2.01. The van der Waals surface area contributed by atoms with Gasteiger partial charge in [-0.3, -0.25) is 9.59 Å². The van der Waals surface area contributed by atoms with Crippen molar-refractivity contribution in [1.29, 1.82) is 0 Å². The first-order valence-corrected chi connectivity index (χ1v) is 10.2. The van der Waals surface area contributed by atoms with Crippen molar-refractivity contribution in [2.45, 2.75) is 24.5 Å². The van der Waals surface area contributed by atoms with Crippen molar-refractivity contribution in [2.24, 2.45) is 5.92 Å². The zero-order valence-corrected chi connectivity index (χ0v) is 16.8. The number of hydrogen-bond donors (Lipinski definition) is 2. The van der Waals surface area contributed by atoms with Crippen LogP contribution in [0.25, 0.3) is 5.65 Å². The fraction of sp³-hybridized carbons (Fsp3) is 0.286. The molecule has 28 heavy (non-hydrogen) atoms. The van der Waals surface area contributed by atoms with Crippen LogP contribution in [0.1, 0.15) is 29.9 Å². The molecule has 0 spiro atoms. The van der Waals surface area contributed by atoms with Gasteiger partial charge in [0.15, 0.2) is 0 Å². The molecule has 2 amide bonds. The van der Waals surface area contributed by atoms with E-state index in [0.29, 0.717) is 18.7 Å². The fourth-order valence-corrected chi connectivity index (χ4v) is 3.37. The van der Waals surface area contributed by atoms with Crippen molar-refractivity contribution >= 4 is 29.2 Å². The van der Waals surface area contributed by atoms with Gasteiger partial charge in [0.2, 0.25) is 5.91 Å². The Morgan fingerprint density at radius 2 is 1.82 bits per heavy atom. The van der Waals surface area contributed by atoms with Crippen LogP contribution in [0.15, 0.2) is 59.8 Å². The van der Waals surface area contributed by atoms with Crippen LogP contribution < -0.4 is 10.6 Å². The number of nitrogens with zero attached hydrogens (tertiary/aromatic N) is 2. The van der Waals surface area contributed by atoms with Gasteiger partial charge in [-0.05, 0) is 36.4 Å². The third kappa shape index (κ3) is 5.36. The van der Waals surface area contributed by atoms with Crippen LogP contribution in [0.2, 0.25) is 0 Å². The zero-order valence-electron chi connectivity index (χ0n) is 16.0. The summed E-state index contributed by atoms with van der Waals surface area (Å²) in [4.78, 5) is 29.3. The molecule has 3 rings (SSSR count). The number of fused-ring (bicyclic) bond motifs is 1. The van der Waals surface area contributed by atoms with Gasteiger partial charge in [0.1, 0.15) is 5.65 Å². The van der Waals surface area contributed by atoms with Crippen LogP contribution in [0, 0.1) is 5.92 Å². The standard InChI is InChI=1S/C21H24N4O2S/c1-15(2)20(26)22-10-11-23-21(27)16-6-8-18(9-7-16)28-14-17-13-25-12-4-3-5-19(25)24-17/h3-9,12-13,15H,10-11,14H2,1-2H3,(H,22,26)(H,23,27). The highest BCUT2D eigenvalue weighted by Gasteiger charge is 2.08. The Morgan fingerprint density at radius 3 is 2.54 bits per heavy atom. The van der Waals surface area contributed by atoms with Crippen LogP contribution >= 0.6 is 11.8 Å². The molecule has 0 atom stereocenters. The van der Waals surface area contributed by atoms with Crippen LogP contribution in [0.3, 0.4) is 0 Å². The Morgan fingerprint density at radius 1 is 1.07 bits per heavy atom. The number of carbonyl (C=O) groups is 2. The zero-order chi connectivity index (χ0) is 19.9. The maximum atomic E-state index is 12.2. The van der Waals surface area contributed by atoms with Gasteiger partial charge < -0.3 is 15.0 Å². The normalized spacial score (nSPS) is 11.0. The van der Waals surface area contributed by atoms with Crippen LogP contribution in [-0.2, 0) is 10.5 Å². The summed E-state index contributed by atoms with van der Waals surface area (Å²) in [6.45, 7) is 4.50. The summed E-state index contributed by atoms with van der Waals surface area (Å²) >= 11 is 1.68. The number of amides is 2. The summed E-state index contributed by atoms with van der Waals surface area (Å²) in [6, 6.07) is 13.4. The molecule has 0 aliphatic rings. The second kappa shape index (κ2) is 9.41. The molecule has 0 unspecified atom stereocenters. The number of benzene rings is 1. The first-order chi connectivity index (χ1) is 13.5. The molecule has 0 fully saturated rings. The Labute approximate surface area is 168 Å². The lowest BCUT2D eigenvalue weighted by atomic mass is 10.2. The molecule has 0 radical (unpaired) electrons. The second-order valence-corrected chi connectivity index (χ2v) is 7.76. The van der Waals surface area contributed by atoms with E-state index in [1.165, 1.54) is 0 Å². The summed E-state index contributed by atoms with van der Waals surface area (Å²) in [5.41, 5.74) is 2.56. The number of thioether (sulfide) groups is 1. The molecular formula is C21H24N4O2S. The molecular weight excluding hydrogens is 372 g/mol. The van der Waals surface area contributed by atoms with E-state index in [1.54, 1.807) is 11.8 Å². The van der Waals surface area contributed by atoms with Crippen molar-refractivity contribution in [2.75, 3.05) is 13.1 Å². The van der Waals surface area contributed by atoms with E-state index in [9.17, 15) is 9.59 Å². The molecule has 3 aromatic rings. The van der Waals surface area contributed by atoms with Crippen LogP contribution in [0.5, 0.6) is 0 Å². The van der Waals surface area contributed by atoms with Crippen molar-refractivity contribution in [1.82, 2.24) is 20.0 Å². The predicted molar refractivity (Wildman–Crippen MR) is 111 cm³/mol. The molecule has 6 nitrogen and oxygen atoms in total. The number of nitrogens with one attached hydrogen (secondary N) is 2. The minimum atomic E-state index is -0.143.